The molecular weight excluding hydrogens is 242 g/mol. The fourth-order valence-electron chi connectivity index (χ4n) is 2.31. The molecule has 19 heavy (non-hydrogen) atoms. The van der Waals surface area contributed by atoms with Crippen LogP contribution in [0.4, 0.5) is 4.79 Å². The fraction of sp³-hybridized carbons (Fsp3) is 0.800. The summed E-state index contributed by atoms with van der Waals surface area (Å²) in [5, 5.41) is 2.86. The van der Waals surface area contributed by atoms with Crippen molar-refractivity contribution in [3.05, 3.63) is 12.7 Å². The Balaban J connectivity index is 2.42. The smallest absolute Gasteiger partial charge is 0.407 e. The van der Waals surface area contributed by atoms with Crippen molar-refractivity contribution in [3.63, 3.8) is 0 Å². The zero-order valence-electron chi connectivity index (χ0n) is 12.6. The van der Waals surface area contributed by atoms with Crippen LogP contribution in [0.5, 0.6) is 0 Å². The number of alkyl carbamates (subject to hydrolysis) is 1. The van der Waals surface area contributed by atoms with Crippen LogP contribution < -0.4 is 5.32 Å². The first kappa shape index (κ1) is 16.0. The van der Waals surface area contributed by atoms with Crippen LogP contribution in [-0.4, -0.2) is 29.9 Å². The van der Waals surface area contributed by atoms with Gasteiger partial charge in [0.05, 0.1) is 18.2 Å². The number of rotatable bonds is 4. The van der Waals surface area contributed by atoms with Gasteiger partial charge in [0, 0.05) is 0 Å². The molecule has 2 atom stereocenters. The average Bonchev–Trinajstić information content (AvgIpc) is 2.30. The van der Waals surface area contributed by atoms with Gasteiger partial charge in [0.1, 0.15) is 5.60 Å². The van der Waals surface area contributed by atoms with E-state index in [9.17, 15) is 4.79 Å². The number of nitrogens with one attached hydrogen (secondary N) is 1. The summed E-state index contributed by atoms with van der Waals surface area (Å²) in [5.41, 5.74) is -0.673. The lowest BCUT2D eigenvalue weighted by atomic mass is 9.88. The molecule has 4 heteroatoms. The minimum absolute atomic E-state index is 0.0276. The molecule has 1 aliphatic heterocycles. The third-order valence-electron chi connectivity index (χ3n) is 3.25. The van der Waals surface area contributed by atoms with Crippen molar-refractivity contribution in [1.82, 2.24) is 5.32 Å². The van der Waals surface area contributed by atoms with Crippen molar-refractivity contribution in [2.45, 2.75) is 70.6 Å². The Labute approximate surface area is 116 Å². The van der Waals surface area contributed by atoms with E-state index < -0.39 is 5.60 Å². The van der Waals surface area contributed by atoms with Crippen molar-refractivity contribution in [1.29, 1.82) is 0 Å². The molecule has 0 spiro atoms. The van der Waals surface area contributed by atoms with E-state index >= 15 is 0 Å². The van der Waals surface area contributed by atoms with Crippen LogP contribution in [0.1, 0.15) is 53.4 Å². The lowest BCUT2D eigenvalue weighted by molar-refractivity contribution is -0.0633. The predicted octanol–water partition coefficient (Wildman–Crippen LogP) is 3.42. The van der Waals surface area contributed by atoms with Gasteiger partial charge in [0.2, 0.25) is 0 Å². The Morgan fingerprint density at radius 1 is 1.58 bits per heavy atom. The van der Waals surface area contributed by atoms with Gasteiger partial charge >= 0.3 is 6.09 Å². The molecule has 0 radical (unpaired) electrons. The number of carbonyl (C=O) groups is 1. The second kappa shape index (κ2) is 6.42. The Morgan fingerprint density at radius 2 is 2.26 bits per heavy atom. The maximum absolute atomic E-state index is 11.7. The molecule has 1 fully saturated rings. The molecule has 1 aliphatic rings. The minimum atomic E-state index is -0.466. The summed E-state index contributed by atoms with van der Waals surface area (Å²) in [4.78, 5) is 11.7. The largest absolute Gasteiger partial charge is 0.444 e. The molecule has 1 rings (SSSR count). The zero-order valence-corrected chi connectivity index (χ0v) is 12.6. The second-order valence-electron chi connectivity index (χ2n) is 6.21. The summed E-state index contributed by atoms with van der Waals surface area (Å²) in [6.45, 7) is 12.1. The normalized spacial score (nSPS) is 27.7. The second-order valence-corrected chi connectivity index (χ2v) is 6.21. The summed E-state index contributed by atoms with van der Waals surface area (Å²) in [7, 11) is 0. The topological polar surface area (TPSA) is 47.6 Å². The van der Waals surface area contributed by atoms with Gasteiger partial charge in [-0.3, -0.25) is 0 Å². The lowest BCUT2D eigenvalue weighted by Gasteiger charge is -2.38. The van der Waals surface area contributed by atoms with Crippen LogP contribution in [0.2, 0.25) is 0 Å². The van der Waals surface area contributed by atoms with Crippen molar-refractivity contribution in [2.24, 2.45) is 0 Å². The van der Waals surface area contributed by atoms with Crippen LogP contribution in [0.25, 0.3) is 0 Å². The Hall–Kier alpha value is -1.03. The molecule has 4 nitrogen and oxygen atoms in total. The highest BCUT2D eigenvalue weighted by molar-refractivity contribution is 5.68. The van der Waals surface area contributed by atoms with Crippen LogP contribution in [0, 0.1) is 0 Å². The molecular formula is C15H27NO3. The Bertz CT molecular complexity index is 312. The maximum Gasteiger partial charge on any atom is 0.407 e. The number of ether oxygens (including phenoxy) is 2. The highest BCUT2D eigenvalue weighted by Gasteiger charge is 2.33. The Kier molecular flexibility index (Phi) is 5.41. The third-order valence-corrected chi connectivity index (χ3v) is 3.25. The molecule has 1 saturated heterocycles. The summed E-state index contributed by atoms with van der Waals surface area (Å²) >= 11 is 0. The molecule has 2 unspecified atom stereocenters. The lowest BCUT2D eigenvalue weighted by Crippen LogP contribution is -2.48. The first-order valence-electron chi connectivity index (χ1n) is 7.07. The quantitative estimate of drug-likeness (QED) is 0.796. The van der Waals surface area contributed by atoms with E-state index in [1.165, 1.54) is 0 Å². The van der Waals surface area contributed by atoms with Gasteiger partial charge < -0.3 is 14.8 Å². The molecule has 0 aromatic carbocycles. The highest BCUT2D eigenvalue weighted by Crippen LogP contribution is 2.30. The van der Waals surface area contributed by atoms with E-state index in [4.69, 9.17) is 9.47 Å². The minimum Gasteiger partial charge on any atom is -0.444 e. The van der Waals surface area contributed by atoms with E-state index in [0.29, 0.717) is 6.61 Å². The van der Waals surface area contributed by atoms with E-state index in [1.54, 1.807) is 0 Å². The van der Waals surface area contributed by atoms with Crippen LogP contribution >= 0.6 is 0 Å². The predicted molar refractivity (Wildman–Crippen MR) is 76.2 cm³/mol. The SMILES string of the molecule is C=CC1(CCC)CCC(NC(=O)OC(C)(C)C)CO1. The standard InChI is InChI=1S/C15H27NO3/c1-6-9-15(7-2)10-8-12(11-18-15)16-13(17)19-14(3,4)5/h7,12H,2,6,8-11H2,1,3-5H3,(H,16,17). The summed E-state index contributed by atoms with van der Waals surface area (Å²) < 4.78 is 11.2. The fourth-order valence-corrected chi connectivity index (χ4v) is 2.31. The zero-order chi connectivity index (χ0) is 14.5. The molecule has 110 valence electrons. The number of carbonyl (C=O) groups excluding carboxylic acids is 1. The van der Waals surface area contributed by atoms with Gasteiger partial charge in [-0.1, -0.05) is 19.4 Å². The van der Waals surface area contributed by atoms with E-state index in [-0.39, 0.29) is 17.7 Å². The van der Waals surface area contributed by atoms with Crippen molar-refractivity contribution in [3.8, 4) is 0 Å². The van der Waals surface area contributed by atoms with Gasteiger partial charge in [-0.2, -0.15) is 0 Å². The highest BCUT2D eigenvalue weighted by atomic mass is 16.6. The molecule has 1 amide bonds. The van der Waals surface area contributed by atoms with Crippen LogP contribution in [-0.2, 0) is 9.47 Å². The molecule has 0 saturated carbocycles. The van der Waals surface area contributed by atoms with Gasteiger partial charge in [0.25, 0.3) is 0 Å². The average molecular weight is 269 g/mol. The number of hydrogen-bond acceptors (Lipinski definition) is 3. The van der Waals surface area contributed by atoms with Gasteiger partial charge in [-0.15, -0.1) is 6.58 Å². The van der Waals surface area contributed by atoms with Gasteiger partial charge in [-0.25, -0.2) is 4.79 Å². The maximum atomic E-state index is 11.7. The summed E-state index contributed by atoms with van der Waals surface area (Å²) in [5.74, 6) is 0. The molecule has 0 aliphatic carbocycles. The van der Waals surface area contributed by atoms with Crippen molar-refractivity contribution < 1.29 is 14.3 Å². The molecule has 0 aromatic heterocycles. The molecule has 0 aromatic rings. The van der Waals surface area contributed by atoms with Crippen LogP contribution in [0.3, 0.4) is 0 Å². The number of hydrogen-bond donors (Lipinski definition) is 1. The monoisotopic (exact) mass is 269 g/mol. The first-order valence-corrected chi connectivity index (χ1v) is 7.07. The third kappa shape index (κ3) is 5.23. The molecule has 1 N–H and O–H groups in total. The number of amides is 1. The first-order chi connectivity index (χ1) is 8.80. The van der Waals surface area contributed by atoms with Crippen molar-refractivity contribution in [2.75, 3.05) is 6.61 Å². The Morgan fingerprint density at radius 3 is 2.68 bits per heavy atom. The summed E-state index contributed by atoms with van der Waals surface area (Å²) in [6.07, 6.45) is 5.37. The molecule has 0 bridgehead atoms. The van der Waals surface area contributed by atoms with Crippen molar-refractivity contribution >= 4 is 6.09 Å². The van der Waals surface area contributed by atoms with E-state index in [2.05, 4.69) is 18.8 Å². The van der Waals surface area contributed by atoms with E-state index in [1.807, 2.05) is 26.8 Å². The molecule has 1 heterocycles. The van der Waals surface area contributed by atoms with Gasteiger partial charge in [-0.05, 0) is 40.0 Å². The van der Waals surface area contributed by atoms with Gasteiger partial charge in [0.15, 0.2) is 0 Å². The summed E-state index contributed by atoms with van der Waals surface area (Å²) in [6, 6.07) is 0.0276. The van der Waals surface area contributed by atoms with E-state index in [0.717, 1.165) is 25.7 Å². The van der Waals surface area contributed by atoms with Crippen LogP contribution in [0.15, 0.2) is 12.7 Å².